The minimum absolute atomic E-state index is 0.0166. The molecule has 0 amide bonds. The number of hydrogen-bond donors (Lipinski definition) is 1. The lowest BCUT2D eigenvalue weighted by atomic mass is 9.86. The largest absolute Gasteiger partial charge is 0.482 e. The Morgan fingerprint density at radius 2 is 1.47 bits per heavy atom. The molecule has 0 bridgehead atoms. The molecule has 38 heavy (non-hydrogen) atoms. The fraction of sp³-hybridized carbons (Fsp3) is 0.0938. The Balaban J connectivity index is 1.45. The van der Waals surface area contributed by atoms with E-state index in [2.05, 4.69) is 24.3 Å². The summed E-state index contributed by atoms with van der Waals surface area (Å²) in [6.45, 7) is -0.102. The van der Waals surface area contributed by atoms with Gasteiger partial charge in [-0.2, -0.15) is 0 Å². The topological polar surface area (TPSA) is 81.4 Å². The van der Waals surface area contributed by atoms with E-state index in [0.717, 1.165) is 27.9 Å². The van der Waals surface area contributed by atoms with Gasteiger partial charge in [-0.25, -0.2) is 4.79 Å². The normalized spacial score (nSPS) is 10.9. The van der Waals surface area contributed by atoms with E-state index in [0.29, 0.717) is 18.0 Å². The molecule has 0 spiro atoms. The Morgan fingerprint density at radius 3 is 2.16 bits per heavy atom. The van der Waals surface area contributed by atoms with Gasteiger partial charge < -0.3 is 14.4 Å². The third kappa shape index (κ3) is 5.87. The Kier molecular flexibility index (Phi) is 7.41. The van der Waals surface area contributed by atoms with Crippen LogP contribution in [-0.2, 0) is 11.3 Å². The third-order valence-corrected chi connectivity index (χ3v) is 6.24. The Morgan fingerprint density at radius 1 is 0.789 bits per heavy atom. The minimum atomic E-state index is -1.04. The van der Waals surface area contributed by atoms with E-state index in [1.54, 1.807) is 28.8 Å². The second kappa shape index (κ2) is 11.4. The molecule has 0 unspecified atom stereocenters. The van der Waals surface area contributed by atoms with Gasteiger partial charge in [0.25, 0.3) is 5.56 Å². The standard InChI is InChI=1S/C32H26N2O4/c35-30-18-17-26(32(23-9-3-1-4-10-23)24-11-5-2-6-12-24)20-34(30)21-27-14-8-16-29(33-27)25-13-7-15-28(19-25)38-22-31(36)37/h1-20,32H,21-22H2,(H,36,37). The van der Waals surface area contributed by atoms with Gasteiger partial charge in [-0.05, 0) is 41.0 Å². The van der Waals surface area contributed by atoms with Crippen molar-refractivity contribution in [1.29, 1.82) is 0 Å². The van der Waals surface area contributed by atoms with Crippen molar-refractivity contribution < 1.29 is 14.6 Å². The lowest BCUT2D eigenvalue weighted by Crippen LogP contribution is -2.21. The number of aromatic nitrogens is 2. The van der Waals surface area contributed by atoms with Crippen molar-refractivity contribution in [3.8, 4) is 17.0 Å². The number of rotatable bonds is 9. The summed E-state index contributed by atoms with van der Waals surface area (Å²) in [5, 5.41) is 8.88. The van der Waals surface area contributed by atoms with E-state index in [1.165, 1.54) is 0 Å². The molecule has 188 valence electrons. The third-order valence-electron chi connectivity index (χ3n) is 6.24. The van der Waals surface area contributed by atoms with Gasteiger partial charge in [0.15, 0.2) is 6.61 Å². The summed E-state index contributed by atoms with van der Waals surface area (Å²) in [5.41, 5.74) is 5.44. The molecule has 0 aliphatic heterocycles. The van der Waals surface area contributed by atoms with E-state index in [9.17, 15) is 9.59 Å². The van der Waals surface area contributed by atoms with Crippen LogP contribution in [0.3, 0.4) is 0 Å². The Bertz CT molecular complexity index is 1560. The van der Waals surface area contributed by atoms with Crippen LogP contribution < -0.4 is 10.3 Å². The molecule has 6 nitrogen and oxygen atoms in total. The van der Waals surface area contributed by atoms with Crippen molar-refractivity contribution >= 4 is 5.97 Å². The molecule has 6 heteroatoms. The maximum Gasteiger partial charge on any atom is 0.341 e. The average Bonchev–Trinajstić information content (AvgIpc) is 2.95. The molecular formula is C32H26N2O4. The number of carbonyl (C=O) groups is 1. The van der Waals surface area contributed by atoms with Crippen molar-refractivity contribution in [3.05, 3.63) is 154 Å². The number of nitrogens with zero attached hydrogens (tertiary/aromatic N) is 2. The monoisotopic (exact) mass is 502 g/mol. The summed E-state index contributed by atoms with van der Waals surface area (Å²) < 4.78 is 6.99. The number of aliphatic carboxylic acids is 1. The van der Waals surface area contributed by atoms with Crippen LogP contribution in [0, 0.1) is 0 Å². The van der Waals surface area contributed by atoms with Crippen LogP contribution in [-0.4, -0.2) is 27.2 Å². The molecule has 0 aliphatic carbocycles. The Labute approximate surface area is 220 Å². The van der Waals surface area contributed by atoms with Gasteiger partial charge in [0, 0.05) is 23.7 Å². The van der Waals surface area contributed by atoms with Crippen LogP contribution in [0.1, 0.15) is 28.3 Å². The molecule has 0 aliphatic rings. The van der Waals surface area contributed by atoms with Crippen molar-refractivity contribution in [2.24, 2.45) is 0 Å². The summed E-state index contributed by atoms with van der Waals surface area (Å²) in [7, 11) is 0. The minimum Gasteiger partial charge on any atom is -0.482 e. The van der Waals surface area contributed by atoms with E-state index < -0.39 is 12.6 Å². The number of pyridine rings is 2. The molecule has 0 atom stereocenters. The molecular weight excluding hydrogens is 476 g/mol. The zero-order chi connectivity index (χ0) is 26.3. The summed E-state index contributed by atoms with van der Waals surface area (Å²) in [4.78, 5) is 28.5. The highest BCUT2D eigenvalue weighted by Gasteiger charge is 2.17. The summed E-state index contributed by atoms with van der Waals surface area (Å²) in [6, 6.07) is 36.8. The molecule has 0 saturated heterocycles. The lowest BCUT2D eigenvalue weighted by molar-refractivity contribution is -0.139. The van der Waals surface area contributed by atoms with Crippen molar-refractivity contribution in [2.75, 3.05) is 6.61 Å². The van der Waals surface area contributed by atoms with Crippen LogP contribution in [0.25, 0.3) is 11.3 Å². The molecule has 0 radical (unpaired) electrons. The van der Waals surface area contributed by atoms with Crippen LogP contribution in [0.5, 0.6) is 5.75 Å². The van der Waals surface area contributed by atoms with Gasteiger partial charge >= 0.3 is 5.97 Å². The molecule has 3 aromatic carbocycles. The molecule has 5 aromatic rings. The van der Waals surface area contributed by atoms with Crippen LogP contribution in [0.4, 0.5) is 0 Å². The molecule has 5 rings (SSSR count). The number of carboxylic acids is 1. The van der Waals surface area contributed by atoms with Crippen molar-refractivity contribution in [1.82, 2.24) is 9.55 Å². The lowest BCUT2D eigenvalue weighted by Gasteiger charge is -2.20. The predicted octanol–water partition coefficient (Wildman–Crippen LogP) is 5.60. The number of ether oxygens (including phenoxy) is 1. The quantitative estimate of drug-likeness (QED) is 0.284. The molecule has 1 N–H and O–H groups in total. The average molecular weight is 503 g/mol. The number of hydrogen-bond acceptors (Lipinski definition) is 4. The molecule has 2 aromatic heterocycles. The first kappa shape index (κ1) is 24.7. The highest BCUT2D eigenvalue weighted by molar-refractivity contribution is 5.68. The highest BCUT2D eigenvalue weighted by atomic mass is 16.5. The second-order valence-electron chi connectivity index (χ2n) is 8.91. The first-order chi connectivity index (χ1) is 18.6. The van der Waals surface area contributed by atoms with Gasteiger partial charge in [-0.1, -0.05) is 84.9 Å². The van der Waals surface area contributed by atoms with Gasteiger partial charge in [0.05, 0.1) is 17.9 Å². The van der Waals surface area contributed by atoms with E-state index in [1.807, 2.05) is 72.9 Å². The summed E-state index contributed by atoms with van der Waals surface area (Å²) >= 11 is 0. The van der Waals surface area contributed by atoms with Gasteiger partial charge in [-0.3, -0.25) is 9.78 Å². The summed E-state index contributed by atoms with van der Waals surface area (Å²) in [6.07, 6.45) is 1.92. The molecule has 0 saturated carbocycles. The van der Waals surface area contributed by atoms with Crippen LogP contribution in [0.15, 0.2) is 126 Å². The van der Waals surface area contributed by atoms with Crippen molar-refractivity contribution in [2.45, 2.75) is 12.5 Å². The van der Waals surface area contributed by atoms with E-state index in [4.69, 9.17) is 14.8 Å². The maximum atomic E-state index is 12.9. The SMILES string of the molecule is O=C(O)COc1cccc(-c2cccc(Cn3cc(C(c4ccccc4)c4ccccc4)ccc3=O)n2)c1. The van der Waals surface area contributed by atoms with Crippen molar-refractivity contribution in [3.63, 3.8) is 0 Å². The van der Waals surface area contributed by atoms with Crippen LogP contribution in [0.2, 0.25) is 0 Å². The number of carboxylic acid groups (broad SMARTS) is 1. The number of benzene rings is 3. The zero-order valence-electron chi connectivity index (χ0n) is 20.6. The first-order valence-corrected chi connectivity index (χ1v) is 12.3. The molecule has 0 fully saturated rings. The highest BCUT2D eigenvalue weighted by Crippen LogP contribution is 2.31. The predicted molar refractivity (Wildman–Crippen MR) is 146 cm³/mol. The maximum absolute atomic E-state index is 12.9. The van der Waals surface area contributed by atoms with Crippen LogP contribution >= 0.6 is 0 Å². The smallest absolute Gasteiger partial charge is 0.341 e. The Hall–Kier alpha value is -4.97. The first-order valence-electron chi connectivity index (χ1n) is 12.3. The second-order valence-corrected chi connectivity index (χ2v) is 8.91. The molecule has 2 heterocycles. The van der Waals surface area contributed by atoms with E-state index >= 15 is 0 Å². The fourth-order valence-corrected chi connectivity index (χ4v) is 4.51. The van der Waals surface area contributed by atoms with Gasteiger partial charge in [0.2, 0.25) is 0 Å². The summed E-state index contributed by atoms with van der Waals surface area (Å²) in [5.74, 6) is -0.601. The van der Waals surface area contributed by atoms with Gasteiger partial charge in [-0.15, -0.1) is 0 Å². The van der Waals surface area contributed by atoms with Gasteiger partial charge in [0.1, 0.15) is 5.75 Å². The fourth-order valence-electron chi connectivity index (χ4n) is 4.51. The zero-order valence-corrected chi connectivity index (χ0v) is 20.6. The van der Waals surface area contributed by atoms with E-state index in [-0.39, 0.29) is 11.5 Å².